The van der Waals surface area contributed by atoms with Crippen molar-refractivity contribution in [1.82, 2.24) is 0 Å². The highest BCUT2D eigenvalue weighted by molar-refractivity contribution is 5.92. The fraction of sp³-hybridized carbons (Fsp3) is 0.222. The average molecular weight is 401 g/mol. The van der Waals surface area contributed by atoms with Crippen molar-refractivity contribution in [2.75, 3.05) is 11.4 Å². The van der Waals surface area contributed by atoms with Gasteiger partial charge in [-0.1, -0.05) is 12.1 Å². The second-order valence-electron chi connectivity index (χ2n) is 5.88. The summed E-state index contributed by atoms with van der Waals surface area (Å²) in [7, 11) is 0. The van der Waals surface area contributed by atoms with E-state index in [2.05, 4.69) is 0 Å². The Morgan fingerprint density at radius 1 is 1.07 bits per heavy atom. The number of amides is 1. The third-order valence-corrected chi connectivity index (χ3v) is 3.75. The minimum atomic E-state index is -4.91. The summed E-state index contributed by atoms with van der Waals surface area (Å²) in [5.41, 5.74) is 3.05. The van der Waals surface area contributed by atoms with Crippen LogP contribution in [-0.4, -0.2) is 18.6 Å². The zero-order valence-electron chi connectivity index (χ0n) is 14.1. The van der Waals surface area contributed by atoms with E-state index in [-0.39, 0.29) is 16.8 Å². The highest BCUT2D eigenvalue weighted by Crippen LogP contribution is 2.35. The van der Waals surface area contributed by atoms with Gasteiger partial charge in [0.2, 0.25) is 5.91 Å². The van der Waals surface area contributed by atoms with Crippen LogP contribution in [0.2, 0.25) is 0 Å². The number of alkyl halides is 6. The van der Waals surface area contributed by atoms with Gasteiger partial charge in [0.25, 0.3) is 0 Å². The topological polar surface area (TPSA) is 70.1 Å². The molecule has 0 heterocycles. The van der Waals surface area contributed by atoms with E-state index in [1.54, 1.807) is 0 Å². The Morgan fingerprint density at radius 2 is 1.75 bits per heavy atom. The highest BCUT2D eigenvalue weighted by atomic mass is 19.4. The number of nitrogens with zero attached hydrogens (tertiary/aromatic N) is 2. The molecule has 0 atom stereocenters. The first-order valence-electron chi connectivity index (χ1n) is 7.72. The molecule has 0 radical (unpaired) electrons. The Balaban J connectivity index is 2.48. The molecule has 2 N–H and O–H groups in total. The Labute approximate surface area is 155 Å². The maximum absolute atomic E-state index is 13.1. The average Bonchev–Trinajstić information content (AvgIpc) is 2.59. The molecular formula is C18H13F6N3O. The van der Waals surface area contributed by atoms with Crippen LogP contribution in [-0.2, 0) is 12.7 Å². The van der Waals surface area contributed by atoms with E-state index >= 15 is 0 Å². The van der Waals surface area contributed by atoms with E-state index < -0.39 is 42.5 Å². The van der Waals surface area contributed by atoms with Gasteiger partial charge >= 0.3 is 12.4 Å². The maximum atomic E-state index is 13.1. The molecule has 0 saturated carbocycles. The SMILES string of the molecule is N#Cc1ccc(N(Cc2cccc(C(N)=O)c2)CC(F)(F)F)cc1C(F)(F)F. The Hall–Kier alpha value is -3.22. The fourth-order valence-electron chi connectivity index (χ4n) is 2.56. The van der Waals surface area contributed by atoms with Gasteiger partial charge in [0, 0.05) is 17.8 Å². The van der Waals surface area contributed by atoms with Crippen molar-refractivity contribution in [3.63, 3.8) is 0 Å². The molecule has 0 unspecified atom stereocenters. The van der Waals surface area contributed by atoms with Gasteiger partial charge in [0.15, 0.2) is 0 Å². The lowest BCUT2D eigenvalue weighted by Gasteiger charge is -2.27. The largest absolute Gasteiger partial charge is 0.417 e. The van der Waals surface area contributed by atoms with Gasteiger partial charge in [-0.05, 0) is 35.9 Å². The van der Waals surface area contributed by atoms with E-state index in [9.17, 15) is 31.1 Å². The smallest absolute Gasteiger partial charge is 0.366 e. The maximum Gasteiger partial charge on any atom is 0.417 e. The monoisotopic (exact) mass is 401 g/mol. The Morgan fingerprint density at radius 3 is 2.29 bits per heavy atom. The molecule has 148 valence electrons. The van der Waals surface area contributed by atoms with Gasteiger partial charge < -0.3 is 10.6 Å². The standard InChI is InChI=1S/C18H13F6N3O/c19-17(20,21)10-27(9-11-2-1-3-12(6-11)16(26)28)14-5-4-13(8-25)15(7-14)18(22,23)24/h1-7H,9-10H2,(H2,26,28). The molecule has 28 heavy (non-hydrogen) atoms. The van der Waals surface area contributed by atoms with Crippen LogP contribution in [0.4, 0.5) is 32.0 Å². The summed E-state index contributed by atoms with van der Waals surface area (Å²) >= 11 is 0. The van der Waals surface area contributed by atoms with Crippen LogP contribution in [0.5, 0.6) is 0 Å². The quantitative estimate of drug-likeness (QED) is 0.762. The van der Waals surface area contributed by atoms with Gasteiger partial charge in [-0.2, -0.15) is 31.6 Å². The molecule has 0 spiro atoms. The van der Waals surface area contributed by atoms with Gasteiger partial charge in [-0.3, -0.25) is 4.79 Å². The molecule has 0 bridgehead atoms. The Kier molecular flexibility index (Phi) is 5.87. The third-order valence-electron chi connectivity index (χ3n) is 3.75. The second kappa shape index (κ2) is 7.80. The molecule has 0 aliphatic carbocycles. The van der Waals surface area contributed by atoms with Crippen LogP contribution in [0.1, 0.15) is 27.0 Å². The summed E-state index contributed by atoms with van der Waals surface area (Å²) in [4.78, 5) is 11.9. The number of anilines is 1. The number of hydrogen-bond donors (Lipinski definition) is 1. The van der Waals surface area contributed by atoms with E-state index in [4.69, 9.17) is 11.0 Å². The summed E-state index contributed by atoms with van der Waals surface area (Å²) in [6.45, 7) is -1.96. The summed E-state index contributed by atoms with van der Waals surface area (Å²) in [6, 6.07) is 9.16. The van der Waals surface area contributed by atoms with Gasteiger partial charge in [0.1, 0.15) is 6.54 Å². The van der Waals surface area contributed by atoms with Crippen molar-refractivity contribution in [1.29, 1.82) is 5.26 Å². The lowest BCUT2D eigenvalue weighted by Crippen LogP contribution is -2.34. The predicted octanol–water partition coefficient (Wildman–Crippen LogP) is 4.24. The predicted molar refractivity (Wildman–Crippen MR) is 88.2 cm³/mol. The molecule has 2 aromatic carbocycles. The first-order valence-corrected chi connectivity index (χ1v) is 7.72. The summed E-state index contributed by atoms with van der Waals surface area (Å²) in [6.07, 6.45) is -9.61. The molecule has 0 aliphatic rings. The number of carbonyl (C=O) groups excluding carboxylic acids is 1. The lowest BCUT2D eigenvalue weighted by atomic mass is 10.1. The zero-order valence-corrected chi connectivity index (χ0v) is 14.1. The molecular weight excluding hydrogens is 388 g/mol. The number of benzene rings is 2. The molecule has 4 nitrogen and oxygen atoms in total. The third kappa shape index (κ3) is 5.39. The molecule has 0 aliphatic heterocycles. The van der Waals surface area contributed by atoms with Gasteiger partial charge in [-0.25, -0.2) is 0 Å². The van der Waals surface area contributed by atoms with E-state index in [1.165, 1.54) is 30.3 Å². The molecule has 2 rings (SSSR count). The van der Waals surface area contributed by atoms with Crippen LogP contribution in [0.25, 0.3) is 0 Å². The van der Waals surface area contributed by atoms with Gasteiger partial charge in [-0.15, -0.1) is 0 Å². The number of nitrogens with two attached hydrogens (primary N) is 1. The van der Waals surface area contributed by atoms with Crippen LogP contribution < -0.4 is 10.6 Å². The number of rotatable bonds is 5. The van der Waals surface area contributed by atoms with Crippen LogP contribution >= 0.6 is 0 Å². The van der Waals surface area contributed by atoms with E-state index in [0.717, 1.165) is 12.1 Å². The molecule has 10 heteroatoms. The number of primary amides is 1. The first kappa shape index (κ1) is 21.1. The molecule has 0 aromatic heterocycles. The normalized spacial score (nSPS) is 11.8. The minimum absolute atomic E-state index is 0.0558. The van der Waals surface area contributed by atoms with E-state index in [1.807, 2.05) is 0 Å². The summed E-state index contributed by atoms with van der Waals surface area (Å²) in [5.74, 6) is -0.790. The molecule has 1 amide bonds. The molecule has 2 aromatic rings. The second-order valence-corrected chi connectivity index (χ2v) is 5.88. The van der Waals surface area contributed by atoms with Crippen molar-refractivity contribution in [2.45, 2.75) is 18.9 Å². The zero-order chi connectivity index (χ0) is 21.1. The van der Waals surface area contributed by atoms with Crippen molar-refractivity contribution in [2.24, 2.45) is 5.73 Å². The van der Waals surface area contributed by atoms with Crippen LogP contribution in [0.3, 0.4) is 0 Å². The highest BCUT2D eigenvalue weighted by Gasteiger charge is 2.36. The number of carbonyl (C=O) groups is 1. The fourth-order valence-corrected chi connectivity index (χ4v) is 2.56. The van der Waals surface area contributed by atoms with Crippen molar-refractivity contribution >= 4 is 11.6 Å². The van der Waals surface area contributed by atoms with Crippen LogP contribution in [0.15, 0.2) is 42.5 Å². The number of nitriles is 1. The first-order chi connectivity index (χ1) is 12.9. The van der Waals surface area contributed by atoms with E-state index in [0.29, 0.717) is 11.0 Å². The van der Waals surface area contributed by atoms with Crippen molar-refractivity contribution < 1.29 is 31.1 Å². The number of halogens is 6. The summed E-state index contributed by atoms with van der Waals surface area (Å²) < 4.78 is 78.4. The van der Waals surface area contributed by atoms with Crippen molar-refractivity contribution in [3.8, 4) is 6.07 Å². The molecule has 0 fully saturated rings. The van der Waals surface area contributed by atoms with Crippen molar-refractivity contribution in [3.05, 3.63) is 64.7 Å². The van der Waals surface area contributed by atoms with Crippen LogP contribution in [0, 0.1) is 11.3 Å². The Bertz CT molecular complexity index is 915. The number of hydrogen-bond acceptors (Lipinski definition) is 3. The molecule has 0 saturated heterocycles. The summed E-state index contributed by atoms with van der Waals surface area (Å²) in [5, 5.41) is 8.83. The van der Waals surface area contributed by atoms with Gasteiger partial charge in [0.05, 0.1) is 17.2 Å². The lowest BCUT2D eigenvalue weighted by molar-refractivity contribution is -0.137. The minimum Gasteiger partial charge on any atom is -0.366 e.